The Bertz CT molecular complexity index is 1120. The summed E-state index contributed by atoms with van der Waals surface area (Å²) in [6.45, 7) is 16.9. The summed E-state index contributed by atoms with van der Waals surface area (Å²) in [6, 6.07) is 21.8. The van der Waals surface area contributed by atoms with Crippen molar-refractivity contribution in [1.82, 2.24) is 0 Å². The quantitative estimate of drug-likeness (QED) is 0.233. The Morgan fingerprint density at radius 1 is 0.676 bits per heavy atom. The third-order valence-corrected chi connectivity index (χ3v) is 6.73. The van der Waals surface area contributed by atoms with Gasteiger partial charge in [0.05, 0.1) is 11.2 Å². The second-order valence-corrected chi connectivity index (χ2v) is 9.86. The number of hydrogen-bond acceptors (Lipinski definition) is 2. The number of benzene rings is 3. The number of rotatable bonds is 3. The van der Waals surface area contributed by atoms with E-state index in [0.717, 1.165) is 16.6 Å². The summed E-state index contributed by atoms with van der Waals surface area (Å²) in [5, 5.41) is 0. The van der Waals surface area contributed by atoms with E-state index >= 15 is 0 Å². The van der Waals surface area contributed by atoms with Crippen LogP contribution in [-0.4, -0.2) is 18.3 Å². The van der Waals surface area contributed by atoms with Gasteiger partial charge in [0.25, 0.3) is 0 Å². The Labute approximate surface area is 306 Å². The zero-order chi connectivity index (χ0) is 22.6. The standard InChI is InChI=1S/C28H31BO2.3Pr/c1-18-12-13-25(21(4)14-18)22-15-23(26-19(2)10-9-11-20(26)3)17-24(16-22)29-30-27(5,6)28(7,8)31-29;;;/h10-12,14-17H,1-8H3;;;/q-2;;;. The first kappa shape index (κ1) is 33.8. The van der Waals surface area contributed by atoms with Crippen LogP contribution < -0.4 is 5.46 Å². The molecule has 1 aliphatic heterocycles. The summed E-state index contributed by atoms with van der Waals surface area (Å²) in [6.07, 6.45) is 0. The molecule has 169 valence electrons. The van der Waals surface area contributed by atoms with Gasteiger partial charge in [-0.2, -0.15) is 29.3 Å². The summed E-state index contributed by atoms with van der Waals surface area (Å²) >= 11 is 0. The Hall–Kier alpha value is 1.74. The van der Waals surface area contributed by atoms with Gasteiger partial charge in [-0.15, -0.1) is 40.5 Å². The smallest absolute Gasteiger partial charge is 0.399 e. The van der Waals surface area contributed by atoms with E-state index in [2.05, 4.69) is 97.9 Å². The largest absolute Gasteiger partial charge is 0.494 e. The van der Waals surface area contributed by atoms with E-state index in [9.17, 15) is 0 Å². The second-order valence-electron chi connectivity index (χ2n) is 9.86. The van der Waals surface area contributed by atoms with Crippen LogP contribution in [0.1, 0.15) is 49.9 Å². The van der Waals surface area contributed by atoms with Crippen LogP contribution in [0.15, 0.2) is 42.5 Å². The van der Waals surface area contributed by atoms with Gasteiger partial charge in [0.2, 0.25) is 0 Å². The van der Waals surface area contributed by atoms with Gasteiger partial charge in [-0.3, -0.25) is 0 Å². The Balaban J connectivity index is 0.00000193. The molecule has 0 saturated carbocycles. The van der Waals surface area contributed by atoms with Crippen molar-refractivity contribution in [2.24, 2.45) is 0 Å². The van der Waals surface area contributed by atoms with Crippen LogP contribution in [0.25, 0.3) is 22.3 Å². The molecule has 0 atom stereocenters. The maximum atomic E-state index is 6.40. The monoisotopic (exact) mass is 833 g/mol. The van der Waals surface area contributed by atoms with Crippen molar-refractivity contribution in [3.8, 4) is 22.3 Å². The van der Waals surface area contributed by atoms with Crippen LogP contribution in [0.5, 0.6) is 0 Å². The molecule has 6 heteroatoms. The second kappa shape index (κ2) is 13.2. The molecule has 2 nitrogen and oxygen atoms in total. The van der Waals surface area contributed by atoms with Gasteiger partial charge < -0.3 is 9.31 Å². The van der Waals surface area contributed by atoms with Crippen LogP contribution >= 0.6 is 0 Å². The molecule has 1 heterocycles. The van der Waals surface area contributed by atoms with E-state index < -0.39 is 7.12 Å². The molecular formula is C28H31BO2Pr3-2. The molecule has 4 rings (SSSR count). The van der Waals surface area contributed by atoms with Crippen molar-refractivity contribution in [2.45, 2.75) is 66.6 Å². The van der Waals surface area contributed by atoms with Crippen LogP contribution in [-0.2, 0) is 9.31 Å². The first-order chi connectivity index (χ1) is 14.5. The molecule has 0 unspecified atom stereocenters. The van der Waals surface area contributed by atoms with Crippen molar-refractivity contribution in [3.63, 3.8) is 0 Å². The van der Waals surface area contributed by atoms with Gasteiger partial charge in [-0.1, -0.05) is 57.0 Å². The Kier molecular flexibility index (Phi) is 13.1. The third kappa shape index (κ3) is 7.03. The fraction of sp³-hybridized carbons (Fsp3) is 0.357. The van der Waals surface area contributed by atoms with E-state index in [1.54, 1.807) is 0 Å². The van der Waals surface area contributed by atoms with Gasteiger partial charge in [0, 0.05) is 124 Å². The maximum Gasteiger partial charge on any atom is 0.494 e. The average Bonchev–Trinajstić information content (AvgIpc) is 2.89. The van der Waals surface area contributed by atoms with Crippen molar-refractivity contribution >= 4 is 12.6 Å². The van der Waals surface area contributed by atoms with Gasteiger partial charge in [-0.05, 0) is 33.2 Å². The summed E-state index contributed by atoms with van der Waals surface area (Å²) < 4.78 is 12.8. The minimum absolute atomic E-state index is 0. The molecule has 0 N–H and O–H groups in total. The Morgan fingerprint density at radius 3 is 1.74 bits per heavy atom. The molecule has 1 fully saturated rings. The van der Waals surface area contributed by atoms with Gasteiger partial charge in [-0.25, -0.2) is 0 Å². The van der Waals surface area contributed by atoms with Crippen LogP contribution in [0.2, 0.25) is 0 Å². The fourth-order valence-corrected chi connectivity index (χ4v) is 4.32. The number of aryl methyl sites for hydroxylation is 4. The summed E-state index contributed by atoms with van der Waals surface area (Å²) in [7, 11) is -0.412. The zero-order valence-electron chi connectivity index (χ0n) is 21.7. The molecule has 0 aliphatic carbocycles. The minimum Gasteiger partial charge on any atom is -0.399 e. The zero-order valence-corrected chi connectivity index (χ0v) is 32.8. The Morgan fingerprint density at radius 2 is 1.21 bits per heavy atom. The normalized spacial score (nSPS) is 15.7. The molecule has 1 saturated heterocycles. The van der Waals surface area contributed by atoms with Crippen LogP contribution in [0.3, 0.4) is 0 Å². The van der Waals surface area contributed by atoms with Crippen LogP contribution in [0.4, 0.5) is 0 Å². The molecular weight excluding hydrogens is 802 g/mol. The molecule has 0 spiro atoms. The van der Waals surface area contributed by atoms with Crippen molar-refractivity contribution < 1.29 is 133 Å². The maximum absolute atomic E-state index is 6.40. The minimum atomic E-state index is -0.412. The topological polar surface area (TPSA) is 18.5 Å². The molecule has 3 aromatic rings. The third-order valence-electron chi connectivity index (χ3n) is 6.73. The molecule has 34 heavy (non-hydrogen) atoms. The SMILES string of the molecule is Cc1c[c-]c(-c2cc(B3OC(C)(C)C(C)(C)O3)cc(-c3c(C)c[c-]cc3C)c2)c(C)c1.[Pr].[Pr].[Pr]. The van der Waals surface area contributed by atoms with E-state index in [0.29, 0.717) is 0 Å². The molecule has 3 aromatic carbocycles. The summed E-state index contributed by atoms with van der Waals surface area (Å²) in [4.78, 5) is 0. The fourth-order valence-electron chi connectivity index (χ4n) is 4.32. The van der Waals surface area contributed by atoms with Crippen molar-refractivity contribution in [2.75, 3.05) is 0 Å². The number of hydrogen-bond donors (Lipinski definition) is 0. The first-order valence-electron chi connectivity index (χ1n) is 11.0. The van der Waals surface area contributed by atoms with Crippen molar-refractivity contribution in [3.05, 3.63) is 76.9 Å². The molecule has 1 aliphatic rings. The predicted octanol–water partition coefficient (Wildman–Crippen LogP) is 6.15. The van der Waals surface area contributed by atoms with Gasteiger partial charge in [0.1, 0.15) is 0 Å². The van der Waals surface area contributed by atoms with Crippen LogP contribution in [0, 0.1) is 164 Å². The van der Waals surface area contributed by atoms with E-state index in [4.69, 9.17) is 9.31 Å². The average molecular weight is 833 g/mol. The van der Waals surface area contributed by atoms with E-state index in [1.165, 1.54) is 33.4 Å². The summed E-state index contributed by atoms with van der Waals surface area (Å²) in [5.74, 6) is 0. The van der Waals surface area contributed by atoms with Gasteiger partial charge in [0.15, 0.2) is 0 Å². The predicted molar refractivity (Wildman–Crippen MR) is 130 cm³/mol. The van der Waals surface area contributed by atoms with E-state index in [-0.39, 0.29) is 135 Å². The molecule has 3 radical (unpaired) electrons. The van der Waals surface area contributed by atoms with Crippen molar-refractivity contribution in [1.29, 1.82) is 0 Å². The molecule has 0 bridgehead atoms. The van der Waals surface area contributed by atoms with E-state index in [1.807, 2.05) is 12.1 Å². The molecule has 0 aromatic heterocycles. The summed E-state index contributed by atoms with van der Waals surface area (Å²) in [5.41, 5.74) is 9.77. The molecule has 0 amide bonds. The first-order valence-corrected chi connectivity index (χ1v) is 11.0. The van der Waals surface area contributed by atoms with Gasteiger partial charge >= 0.3 is 7.12 Å².